The maximum absolute atomic E-state index is 13.1. The van der Waals surface area contributed by atoms with E-state index in [4.69, 9.17) is 4.74 Å². The number of halogens is 1. The number of fused-ring (bicyclic) bond motifs is 1. The Morgan fingerprint density at radius 1 is 1.12 bits per heavy atom. The van der Waals surface area contributed by atoms with Gasteiger partial charge in [0.15, 0.2) is 5.65 Å². The lowest BCUT2D eigenvalue weighted by molar-refractivity contribution is 0.0527. The van der Waals surface area contributed by atoms with E-state index in [9.17, 15) is 18.0 Å². The second-order valence-electron chi connectivity index (χ2n) is 8.72. The highest BCUT2D eigenvalue weighted by molar-refractivity contribution is 14.1. The number of nitrogens with one attached hydrogen (secondary N) is 2. The van der Waals surface area contributed by atoms with E-state index < -0.39 is 21.7 Å². The summed E-state index contributed by atoms with van der Waals surface area (Å²) in [6, 6.07) is 8.22. The zero-order valence-corrected chi connectivity index (χ0v) is 22.4. The highest BCUT2D eigenvalue weighted by Gasteiger charge is 2.22. The molecule has 9 nitrogen and oxygen atoms in total. The van der Waals surface area contributed by atoms with Gasteiger partial charge in [-0.1, -0.05) is 17.7 Å². The number of carbonyl (C=O) groups is 2. The molecular formula is C23H27IN4O5S. The number of rotatable bonds is 7. The van der Waals surface area contributed by atoms with Crippen LogP contribution in [0.15, 0.2) is 47.6 Å². The maximum atomic E-state index is 13.1. The summed E-state index contributed by atoms with van der Waals surface area (Å²) < 4.78 is 33.2. The van der Waals surface area contributed by atoms with Crippen LogP contribution in [0, 0.1) is 10.5 Å². The summed E-state index contributed by atoms with van der Waals surface area (Å²) in [7, 11) is -3.83. The molecule has 0 bridgehead atoms. The number of aryl methyl sites for hydroxylation is 1. The highest BCUT2D eigenvalue weighted by Crippen LogP contribution is 2.26. The quantitative estimate of drug-likeness (QED) is 0.315. The summed E-state index contributed by atoms with van der Waals surface area (Å²) in [6.07, 6.45) is 2.86. The Morgan fingerprint density at radius 2 is 1.76 bits per heavy atom. The van der Waals surface area contributed by atoms with E-state index in [0.29, 0.717) is 34.0 Å². The molecule has 3 rings (SSSR count). The minimum Gasteiger partial charge on any atom is -0.444 e. The molecule has 0 aliphatic heterocycles. The van der Waals surface area contributed by atoms with E-state index >= 15 is 0 Å². The van der Waals surface area contributed by atoms with Crippen LogP contribution >= 0.6 is 22.6 Å². The van der Waals surface area contributed by atoms with Crippen LogP contribution in [0.3, 0.4) is 0 Å². The Bertz CT molecular complexity index is 1310. The minimum atomic E-state index is -3.83. The topological polar surface area (TPSA) is 119 Å². The fourth-order valence-corrected chi connectivity index (χ4v) is 5.26. The predicted molar refractivity (Wildman–Crippen MR) is 137 cm³/mol. The zero-order valence-electron chi connectivity index (χ0n) is 19.4. The van der Waals surface area contributed by atoms with E-state index in [2.05, 4.69) is 15.6 Å². The van der Waals surface area contributed by atoms with Gasteiger partial charge in [-0.05, 0) is 74.9 Å². The second kappa shape index (κ2) is 10.3. The van der Waals surface area contributed by atoms with Gasteiger partial charge in [0.05, 0.1) is 10.5 Å². The van der Waals surface area contributed by atoms with Gasteiger partial charge in [-0.2, -0.15) is 0 Å². The summed E-state index contributed by atoms with van der Waals surface area (Å²) in [6.45, 7) is 7.92. The van der Waals surface area contributed by atoms with Crippen molar-refractivity contribution < 1.29 is 22.7 Å². The Labute approximate surface area is 212 Å². The van der Waals surface area contributed by atoms with Crippen molar-refractivity contribution in [1.29, 1.82) is 0 Å². The molecule has 0 unspecified atom stereocenters. The standard InChI is InChI=1S/C23H27IN4O5S/c1-15-6-8-17(9-7-15)34(31,32)28-14-19(24)18-12-16(13-27-20(18)28)21(29)25-10-5-11-26-22(30)33-23(2,3)4/h6-9,12-14H,5,10-11H2,1-4H3,(H,25,29)(H,26,30). The number of ether oxygens (including phenoxy) is 1. The number of aromatic nitrogens is 2. The van der Waals surface area contributed by atoms with E-state index in [1.54, 1.807) is 51.1 Å². The number of pyridine rings is 1. The number of amides is 2. The van der Waals surface area contributed by atoms with Crippen molar-refractivity contribution in [2.75, 3.05) is 13.1 Å². The molecule has 0 fully saturated rings. The number of carbonyl (C=O) groups excluding carboxylic acids is 2. The summed E-state index contributed by atoms with van der Waals surface area (Å²) in [5, 5.41) is 5.97. The molecule has 0 atom stereocenters. The molecular weight excluding hydrogens is 571 g/mol. The molecule has 3 aromatic rings. The van der Waals surface area contributed by atoms with Crippen LogP contribution in [-0.2, 0) is 14.8 Å². The minimum absolute atomic E-state index is 0.162. The van der Waals surface area contributed by atoms with Crippen molar-refractivity contribution in [3.05, 3.63) is 57.4 Å². The summed E-state index contributed by atoms with van der Waals surface area (Å²) in [5.41, 5.74) is 0.958. The smallest absolute Gasteiger partial charge is 0.407 e. The first kappa shape index (κ1) is 25.9. The lowest BCUT2D eigenvalue weighted by atomic mass is 10.2. The first-order valence-electron chi connectivity index (χ1n) is 10.6. The fraction of sp³-hybridized carbons (Fsp3) is 0.348. The zero-order chi connectivity index (χ0) is 25.1. The first-order chi connectivity index (χ1) is 15.9. The van der Waals surface area contributed by atoms with E-state index in [1.165, 1.54) is 12.4 Å². The van der Waals surface area contributed by atoms with E-state index in [1.807, 2.05) is 29.5 Å². The van der Waals surface area contributed by atoms with Crippen LogP contribution in [-0.4, -0.2) is 48.1 Å². The molecule has 0 saturated carbocycles. The highest BCUT2D eigenvalue weighted by atomic mass is 127. The van der Waals surface area contributed by atoms with Gasteiger partial charge in [-0.25, -0.2) is 22.2 Å². The van der Waals surface area contributed by atoms with Crippen LogP contribution in [0.25, 0.3) is 11.0 Å². The van der Waals surface area contributed by atoms with Crippen LogP contribution in [0.5, 0.6) is 0 Å². The van der Waals surface area contributed by atoms with Crippen LogP contribution in [0.2, 0.25) is 0 Å². The van der Waals surface area contributed by atoms with Gasteiger partial charge in [0.25, 0.3) is 15.9 Å². The molecule has 0 spiro atoms. The molecule has 2 heterocycles. The number of benzene rings is 1. The molecule has 2 amide bonds. The third-order valence-electron chi connectivity index (χ3n) is 4.71. The molecule has 34 heavy (non-hydrogen) atoms. The van der Waals surface area contributed by atoms with Gasteiger partial charge in [0, 0.05) is 34.4 Å². The predicted octanol–water partition coefficient (Wildman–Crippen LogP) is 3.83. The molecule has 11 heteroatoms. The van der Waals surface area contributed by atoms with Gasteiger partial charge in [0.2, 0.25) is 0 Å². The summed E-state index contributed by atoms with van der Waals surface area (Å²) in [5.74, 6) is -0.336. The number of nitrogens with zero attached hydrogens (tertiary/aromatic N) is 2. The lowest BCUT2D eigenvalue weighted by Gasteiger charge is -2.19. The lowest BCUT2D eigenvalue weighted by Crippen LogP contribution is -2.34. The van der Waals surface area contributed by atoms with E-state index in [0.717, 1.165) is 9.54 Å². The molecule has 0 radical (unpaired) electrons. The normalized spacial score (nSPS) is 11.9. The van der Waals surface area contributed by atoms with Gasteiger partial charge in [0.1, 0.15) is 5.60 Å². The van der Waals surface area contributed by atoms with Crippen molar-refractivity contribution in [1.82, 2.24) is 19.6 Å². The maximum Gasteiger partial charge on any atom is 0.407 e. The molecule has 2 N–H and O–H groups in total. The van der Waals surface area contributed by atoms with Crippen molar-refractivity contribution in [3.8, 4) is 0 Å². The van der Waals surface area contributed by atoms with Crippen molar-refractivity contribution in [2.45, 2.75) is 44.6 Å². The van der Waals surface area contributed by atoms with Gasteiger partial charge < -0.3 is 15.4 Å². The second-order valence-corrected chi connectivity index (χ2v) is 11.7. The molecule has 2 aromatic heterocycles. The Morgan fingerprint density at radius 3 is 2.41 bits per heavy atom. The molecule has 0 aliphatic carbocycles. The van der Waals surface area contributed by atoms with Crippen molar-refractivity contribution in [2.24, 2.45) is 0 Å². The van der Waals surface area contributed by atoms with E-state index in [-0.39, 0.29) is 16.4 Å². The summed E-state index contributed by atoms with van der Waals surface area (Å²) in [4.78, 5) is 28.6. The van der Waals surface area contributed by atoms with Crippen LogP contribution in [0.1, 0.15) is 43.1 Å². The van der Waals surface area contributed by atoms with Crippen LogP contribution < -0.4 is 10.6 Å². The molecule has 182 valence electrons. The molecule has 1 aromatic carbocycles. The largest absolute Gasteiger partial charge is 0.444 e. The average molecular weight is 598 g/mol. The van der Waals surface area contributed by atoms with Crippen molar-refractivity contribution >= 4 is 55.6 Å². The Kier molecular flexibility index (Phi) is 7.86. The number of alkyl carbamates (subject to hydrolysis) is 1. The monoisotopic (exact) mass is 598 g/mol. The Hall–Kier alpha value is -2.67. The van der Waals surface area contributed by atoms with Crippen LogP contribution in [0.4, 0.5) is 4.79 Å². The van der Waals surface area contributed by atoms with Gasteiger partial charge in [-0.15, -0.1) is 0 Å². The van der Waals surface area contributed by atoms with Gasteiger partial charge >= 0.3 is 6.09 Å². The molecule has 0 aliphatic rings. The SMILES string of the molecule is Cc1ccc(S(=O)(=O)n2cc(I)c3cc(C(=O)NCCCNC(=O)OC(C)(C)C)cnc32)cc1. The first-order valence-corrected chi connectivity index (χ1v) is 13.1. The molecule has 0 saturated heterocycles. The van der Waals surface area contributed by atoms with Gasteiger partial charge in [-0.3, -0.25) is 4.79 Å². The number of hydrogen-bond acceptors (Lipinski definition) is 6. The average Bonchev–Trinajstić information content (AvgIpc) is 3.09. The van der Waals surface area contributed by atoms with Crippen molar-refractivity contribution in [3.63, 3.8) is 0 Å². The third-order valence-corrected chi connectivity index (χ3v) is 7.23. The fourth-order valence-electron chi connectivity index (χ4n) is 3.07. The summed E-state index contributed by atoms with van der Waals surface area (Å²) >= 11 is 2.03. The third kappa shape index (κ3) is 6.26. The number of hydrogen-bond donors (Lipinski definition) is 2. The Balaban J connectivity index is 1.67.